The Morgan fingerprint density at radius 2 is 2.15 bits per heavy atom. The summed E-state index contributed by atoms with van der Waals surface area (Å²) in [7, 11) is -3.07. The third-order valence-corrected chi connectivity index (χ3v) is 4.78. The number of para-hydroxylation sites is 1. The van der Waals surface area contributed by atoms with Crippen molar-refractivity contribution in [2.24, 2.45) is 5.92 Å². The number of fused-ring (bicyclic) bond motifs is 1. The highest BCUT2D eigenvalue weighted by molar-refractivity contribution is 7.32. The van der Waals surface area contributed by atoms with Crippen LogP contribution in [0.3, 0.4) is 0 Å². The fourth-order valence-corrected chi connectivity index (χ4v) is 3.15. The van der Waals surface area contributed by atoms with Gasteiger partial charge in [-0.3, -0.25) is 13.9 Å². The van der Waals surface area contributed by atoms with Gasteiger partial charge in [0.15, 0.2) is 0 Å². The normalized spacial score (nSPS) is 22.3. The van der Waals surface area contributed by atoms with Gasteiger partial charge in [0.25, 0.3) is 5.91 Å². The molecule has 1 aromatic carbocycles. The fraction of sp³-hybridized carbons (Fsp3) is 0.353. The number of hydrogen-bond donors (Lipinski definition) is 2. The molecule has 0 saturated heterocycles. The molecule has 140 valence electrons. The van der Waals surface area contributed by atoms with Gasteiger partial charge in [-0.05, 0) is 18.9 Å². The van der Waals surface area contributed by atoms with Crippen LogP contribution in [0, 0.1) is 17.8 Å². The van der Waals surface area contributed by atoms with Gasteiger partial charge in [-0.15, -0.1) is 5.10 Å². The van der Waals surface area contributed by atoms with E-state index in [2.05, 4.69) is 26.7 Å². The standard InChI is InChI=1S/C17H17N4O5P/c22-16-17(23,8-7-12-5-6-12)14-3-1-2-4-15(14)21(16)10-13-9-20(19-18-13)11-26-27(24)25/h1-4,9,12,23,27H,5-6,10-11H2,(H,24,25). The molecule has 1 aromatic heterocycles. The quantitative estimate of drug-likeness (QED) is 0.574. The summed E-state index contributed by atoms with van der Waals surface area (Å²) in [6.45, 7) is -0.139. The van der Waals surface area contributed by atoms with Crippen LogP contribution in [0.5, 0.6) is 0 Å². The lowest BCUT2D eigenvalue weighted by molar-refractivity contribution is -0.130. The molecule has 2 unspecified atom stereocenters. The number of rotatable bonds is 5. The summed E-state index contributed by atoms with van der Waals surface area (Å²) < 4.78 is 16.5. The molecular weight excluding hydrogens is 371 g/mol. The van der Waals surface area contributed by atoms with Gasteiger partial charge in [-0.2, -0.15) is 0 Å². The number of nitrogens with zero attached hydrogens (tertiary/aromatic N) is 4. The topological polar surface area (TPSA) is 118 Å². The minimum atomic E-state index is -3.07. The van der Waals surface area contributed by atoms with Gasteiger partial charge in [0, 0.05) is 11.5 Å². The van der Waals surface area contributed by atoms with Crippen LogP contribution in [0.15, 0.2) is 30.5 Å². The molecule has 1 saturated carbocycles. The van der Waals surface area contributed by atoms with E-state index in [4.69, 9.17) is 4.89 Å². The summed E-state index contributed by atoms with van der Waals surface area (Å²) >= 11 is 0. The van der Waals surface area contributed by atoms with Gasteiger partial charge < -0.3 is 14.9 Å². The van der Waals surface area contributed by atoms with Crippen LogP contribution in [0.25, 0.3) is 0 Å². The van der Waals surface area contributed by atoms with E-state index in [0.717, 1.165) is 12.8 Å². The van der Waals surface area contributed by atoms with E-state index >= 15 is 0 Å². The molecule has 9 nitrogen and oxygen atoms in total. The maximum atomic E-state index is 13.0. The number of aliphatic hydroxyl groups is 1. The molecule has 2 heterocycles. The maximum absolute atomic E-state index is 13.0. The molecule has 1 fully saturated rings. The van der Waals surface area contributed by atoms with Crippen molar-refractivity contribution in [2.45, 2.75) is 31.7 Å². The monoisotopic (exact) mass is 388 g/mol. The zero-order valence-corrected chi connectivity index (χ0v) is 15.2. The van der Waals surface area contributed by atoms with Crippen LogP contribution in [0.1, 0.15) is 24.1 Å². The molecule has 1 amide bonds. The van der Waals surface area contributed by atoms with Gasteiger partial charge in [-0.1, -0.05) is 35.3 Å². The van der Waals surface area contributed by atoms with E-state index in [1.165, 1.54) is 15.8 Å². The van der Waals surface area contributed by atoms with E-state index in [-0.39, 0.29) is 19.2 Å². The zero-order valence-electron chi connectivity index (χ0n) is 14.2. The van der Waals surface area contributed by atoms with E-state index in [0.29, 0.717) is 16.9 Å². The molecule has 1 aliphatic heterocycles. The Morgan fingerprint density at radius 3 is 2.89 bits per heavy atom. The minimum Gasteiger partial charge on any atom is -0.366 e. The van der Waals surface area contributed by atoms with E-state index in [1.54, 1.807) is 24.3 Å². The van der Waals surface area contributed by atoms with E-state index in [1.807, 2.05) is 0 Å². The van der Waals surface area contributed by atoms with E-state index in [9.17, 15) is 14.5 Å². The van der Waals surface area contributed by atoms with Crippen LogP contribution in [0.4, 0.5) is 5.69 Å². The summed E-state index contributed by atoms with van der Waals surface area (Å²) in [5.74, 6) is 5.48. The number of amides is 1. The molecule has 0 bridgehead atoms. The van der Waals surface area contributed by atoms with Crippen molar-refractivity contribution in [3.8, 4) is 11.8 Å². The molecule has 2 aliphatic rings. The van der Waals surface area contributed by atoms with Crippen molar-refractivity contribution in [3.05, 3.63) is 41.7 Å². The highest BCUT2D eigenvalue weighted by atomic mass is 31.1. The van der Waals surface area contributed by atoms with Gasteiger partial charge in [0.2, 0.25) is 5.60 Å². The van der Waals surface area contributed by atoms with Crippen molar-refractivity contribution in [2.75, 3.05) is 4.90 Å². The SMILES string of the molecule is O=C1N(Cc2cn(CO[PH](=O)O)nn2)c2ccccc2C1(O)C#CC1CC1. The van der Waals surface area contributed by atoms with Crippen LogP contribution in [-0.2, 0) is 32.8 Å². The van der Waals surface area contributed by atoms with Gasteiger partial charge in [0.05, 0.1) is 18.4 Å². The Hall–Kier alpha value is -2.50. The largest absolute Gasteiger partial charge is 0.366 e. The second-order valence-electron chi connectivity index (χ2n) is 6.45. The summed E-state index contributed by atoms with van der Waals surface area (Å²) in [5.41, 5.74) is -0.396. The predicted octanol–water partition coefficient (Wildman–Crippen LogP) is 0.782. The number of hydrogen-bond acceptors (Lipinski definition) is 6. The van der Waals surface area contributed by atoms with Gasteiger partial charge >= 0.3 is 8.25 Å². The Morgan fingerprint density at radius 1 is 1.37 bits per heavy atom. The third-order valence-electron chi connectivity index (χ3n) is 4.40. The van der Waals surface area contributed by atoms with Crippen molar-refractivity contribution in [1.82, 2.24) is 15.0 Å². The number of anilines is 1. The maximum Gasteiger partial charge on any atom is 0.318 e. The fourth-order valence-electron chi connectivity index (χ4n) is 2.90. The molecule has 10 heteroatoms. The first-order valence-corrected chi connectivity index (χ1v) is 9.65. The van der Waals surface area contributed by atoms with Crippen LogP contribution < -0.4 is 4.90 Å². The molecule has 2 N–H and O–H groups in total. The van der Waals surface area contributed by atoms with Crippen molar-refractivity contribution >= 4 is 19.8 Å². The third kappa shape index (κ3) is 3.53. The lowest BCUT2D eigenvalue weighted by Crippen LogP contribution is -2.39. The second kappa shape index (κ2) is 6.91. The van der Waals surface area contributed by atoms with Crippen LogP contribution in [0.2, 0.25) is 0 Å². The molecule has 4 rings (SSSR count). The van der Waals surface area contributed by atoms with Crippen molar-refractivity contribution < 1.29 is 23.9 Å². The molecule has 0 spiro atoms. The first-order valence-electron chi connectivity index (χ1n) is 8.38. The van der Waals surface area contributed by atoms with Crippen LogP contribution in [-0.4, -0.2) is 30.9 Å². The molecule has 2 atom stereocenters. The van der Waals surface area contributed by atoms with E-state index < -0.39 is 19.8 Å². The summed E-state index contributed by atoms with van der Waals surface area (Å²) in [4.78, 5) is 23.1. The average Bonchev–Trinajstić information content (AvgIpc) is 3.35. The molecule has 1 aliphatic carbocycles. The summed E-state index contributed by atoms with van der Waals surface area (Å²) in [6, 6.07) is 6.97. The molecule has 0 radical (unpaired) electrons. The highest BCUT2D eigenvalue weighted by Gasteiger charge is 2.49. The summed E-state index contributed by atoms with van der Waals surface area (Å²) in [5, 5.41) is 18.7. The minimum absolute atomic E-state index is 0.0809. The van der Waals surface area contributed by atoms with Crippen LogP contribution >= 0.6 is 8.25 Å². The lowest BCUT2D eigenvalue weighted by Gasteiger charge is -2.17. The van der Waals surface area contributed by atoms with Gasteiger partial charge in [-0.25, -0.2) is 4.68 Å². The molecule has 27 heavy (non-hydrogen) atoms. The number of benzene rings is 1. The second-order valence-corrected chi connectivity index (χ2v) is 7.27. The molecule has 2 aromatic rings. The zero-order chi connectivity index (χ0) is 19.0. The number of carbonyl (C=O) groups is 1. The highest BCUT2D eigenvalue weighted by Crippen LogP contribution is 2.41. The van der Waals surface area contributed by atoms with Crippen molar-refractivity contribution in [1.29, 1.82) is 0 Å². The summed E-state index contributed by atoms with van der Waals surface area (Å²) in [6.07, 6.45) is 3.50. The Balaban J connectivity index is 1.59. The average molecular weight is 388 g/mol. The number of aromatic nitrogens is 3. The Kier molecular flexibility index (Phi) is 4.58. The Bertz CT molecular complexity index is 977. The Labute approximate surface area is 155 Å². The van der Waals surface area contributed by atoms with Gasteiger partial charge in [0.1, 0.15) is 12.4 Å². The molecular formula is C17H17N4O5P. The first kappa shape index (κ1) is 17.9. The smallest absolute Gasteiger partial charge is 0.318 e. The number of carbonyl (C=O) groups excluding carboxylic acids is 1. The van der Waals surface area contributed by atoms with Crippen molar-refractivity contribution in [3.63, 3.8) is 0 Å². The predicted molar refractivity (Wildman–Crippen MR) is 94.4 cm³/mol. The lowest BCUT2D eigenvalue weighted by atomic mass is 9.96. The first-order chi connectivity index (χ1) is 13.0.